The number of hydrogen-bond donors (Lipinski definition) is 1. The van der Waals surface area contributed by atoms with Crippen molar-refractivity contribution in [3.8, 4) is 0 Å². The Bertz CT molecular complexity index is 447. The summed E-state index contributed by atoms with van der Waals surface area (Å²) in [6.45, 7) is 2.12. The Morgan fingerprint density at radius 3 is 2.76 bits per heavy atom. The molecule has 1 aromatic carbocycles. The van der Waals surface area contributed by atoms with Crippen LogP contribution in [0.5, 0.6) is 0 Å². The molecule has 0 saturated carbocycles. The van der Waals surface area contributed by atoms with E-state index in [2.05, 4.69) is 0 Å². The van der Waals surface area contributed by atoms with Gasteiger partial charge in [0.05, 0.1) is 33.2 Å². The molecule has 0 saturated heterocycles. The first kappa shape index (κ1) is 14.2. The van der Waals surface area contributed by atoms with Crippen molar-refractivity contribution in [1.29, 1.82) is 0 Å². The van der Waals surface area contributed by atoms with Gasteiger partial charge in [0.25, 0.3) is 0 Å². The normalized spacial score (nSPS) is 14.3. The minimum absolute atomic E-state index is 0.0397. The van der Waals surface area contributed by atoms with Crippen LogP contribution in [0.1, 0.15) is 17.3 Å². The minimum Gasteiger partial charge on any atom is -0.478 e. The van der Waals surface area contributed by atoms with Gasteiger partial charge in [0.1, 0.15) is 0 Å². The van der Waals surface area contributed by atoms with Gasteiger partial charge in [-0.2, -0.15) is 0 Å². The van der Waals surface area contributed by atoms with E-state index in [1.807, 2.05) is 0 Å². The SMILES string of the molecule is COCC(C)S(=O)c1ccc(Cl)c(C(=O)O)c1. The molecule has 0 aliphatic carbocycles. The number of carboxylic acid groups (broad SMARTS) is 1. The Balaban J connectivity index is 3.03. The highest BCUT2D eigenvalue weighted by Crippen LogP contribution is 2.21. The van der Waals surface area contributed by atoms with Crippen LogP contribution in [0.25, 0.3) is 0 Å². The maximum atomic E-state index is 12.0. The van der Waals surface area contributed by atoms with E-state index in [1.54, 1.807) is 13.0 Å². The number of halogens is 1. The predicted molar refractivity (Wildman–Crippen MR) is 66.2 cm³/mol. The van der Waals surface area contributed by atoms with E-state index in [0.717, 1.165) is 0 Å². The predicted octanol–water partition coefficient (Wildman–Crippen LogP) is 2.18. The van der Waals surface area contributed by atoms with Crippen LogP contribution in [0.2, 0.25) is 5.02 Å². The van der Waals surface area contributed by atoms with E-state index in [-0.39, 0.29) is 15.8 Å². The Morgan fingerprint density at radius 2 is 2.24 bits per heavy atom. The maximum absolute atomic E-state index is 12.0. The molecule has 6 heteroatoms. The lowest BCUT2D eigenvalue weighted by Crippen LogP contribution is -2.17. The van der Waals surface area contributed by atoms with Crippen LogP contribution in [-0.2, 0) is 15.5 Å². The second-order valence-electron chi connectivity index (χ2n) is 3.51. The van der Waals surface area contributed by atoms with Crippen molar-refractivity contribution in [2.75, 3.05) is 13.7 Å². The quantitative estimate of drug-likeness (QED) is 0.895. The molecule has 4 nitrogen and oxygen atoms in total. The van der Waals surface area contributed by atoms with Crippen LogP contribution < -0.4 is 0 Å². The third-order valence-electron chi connectivity index (χ3n) is 2.17. The highest BCUT2D eigenvalue weighted by atomic mass is 35.5. The average Bonchev–Trinajstić information content (AvgIpc) is 2.28. The molecule has 0 aromatic heterocycles. The van der Waals surface area contributed by atoms with Gasteiger partial charge in [0.15, 0.2) is 0 Å². The molecular formula is C11H13ClO4S. The first-order valence-corrected chi connectivity index (χ1v) is 6.48. The number of hydrogen-bond acceptors (Lipinski definition) is 3. The Hall–Kier alpha value is -0.910. The number of rotatable bonds is 5. The zero-order chi connectivity index (χ0) is 13.0. The number of carbonyl (C=O) groups is 1. The molecule has 1 rings (SSSR count). The minimum atomic E-state index is -1.31. The standard InChI is InChI=1S/C11H13ClO4S/c1-7(6-16-2)17(15)8-3-4-10(12)9(5-8)11(13)14/h3-5,7H,6H2,1-2H3,(H,13,14). The molecule has 0 spiro atoms. The molecule has 0 bridgehead atoms. The molecule has 0 aliphatic heterocycles. The zero-order valence-corrected chi connectivity index (χ0v) is 11.0. The lowest BCUT2D eigenvalue weighted by Gasteiger charge is -2.11. The zero-order valence-electron chi connectivity index (χ0n) is 9.47. The first-order chi connectivity index (χ1) is 7.97. The summed E-state index contributed by atoms with van der Waals surface area (Å²) in [4.78, 5) is 11.3. The first-order valence-electron chi connectivity index (χ1n) is 4.89. The van der Waals surface area contributed by atoms with Gasteiger partial charge in [-0.1, -0.05) is 11.6 Å². The van der Waals surface area contributed by atoms with Crippen LogP contribution in [0, 0.1) is 0 Å². The van der Waals surface area contributed by atoms with Crippen LogP contribution in [-0.4, -0.2) is 34.3 Å². The summed E-state index contributed by atoms with van der Waals surface area (Å²) in [6, 6.07) is 4.35. The van der Waals surface area contributed by atoms with Gasteiger partial charge in [-0.15, -0.1) is 0 Å². The molecular weight excluding hydrogens is 264 g/mol. The monoisotopic (exact) mass is 276 g/mol. The largest absolute Gasteiger partial charge is 0.478 e. The van der Waals surface area contributed by atoms with Gasteiger partial charge >= 0.3 is 5.97 Å². The van der Waals surface area contributed by atoms with Crippen molar-refractivity contribution in [3.05, 3.63) is 28.8 Å². The molecule has 1 N–H and O–H groups in total. The molecule has 94 valence electrons. The summed E-state index contributed by atoms with van der Waals surface area (Å²) in [5, 5.41) is 8.84. The summed E-state index contributed by atoms with van der Waals surface area (Å²) < 4.78 is 16.9. The second kappa shape index (κ2) is 6.14. The average molecular weight is 277 g/mol. The van der Waals surface area contributed by atoms with Crippen molar-refractivity contribution in [2.24, 2.45) is 0 Å². The fraction of sp³-hybridized carbons (Fsp3) is 0.364. The topological polar surface area (TPSA) is 63.6 Å². The van der Waals surface area contributed by atoms with E-state index in [1.165, 1.54) is 19.2 Å². The highest BCUT2D eigenvalue weighted by Gasteiger charge is 2.16. The molecule has 0 fully saturated rings. The van der Waals surface area contributed by atoms with Gasteiger partial charge in [-0.25, -0.2) is 4.79 Å². The Morgan fingerprint density at radius 1 is 1.59 bits per heavy atom. The molecule has 0 heterocycles. The van der Waals surface area contributed by atoms with Gasteiger partial charge in [-0.05, 0) is 25.1 Å². The molecule has 2 atom stereocenters. The maximum Gasteiger partial charge on any atom is 0.337 e. The highest BCUT2D eigenvalue weighted by molar-refractivity contribution is 7.85. The van der Waals surface area contributed by atoms with Crippen molar-refractivity contribution in [3.63, 3.8) is 0 Å². The number of aromatic carboxylic acids is 1. The number of ether oxygens (including phenoxy) is 1. The van der Waals surface area contributed by atoms with Crippen molar-refractivity contribution >= 4 is 28.4 Å². The van der Waals surface area contributed by atoms with Crippen LogP contribution in [0.15, 0.2) is 23.1 Å². The molecule has 17 heavy (non-hydrogen) atoms. The summed E-state index contributed by atoms with van der Waals surface area (Å²) in [7, 11) is 0.216. The van der Waals surface area contributed by atoms with E-state index < -0.39 is 16.8 Å². The van der Waals surface area contributed by atoms with E-state index in [4.69, 9.17) is 21.4 Å². The molecule has 2 unspecified atom stereocenters. The van der Waals surface area contributed by atoms with Gasteiger partial charge in [0, 0.05) is 12.0 Å². The fourth-order valence-corrected chi connectivity index (χ4v) is 2.68. The van der Waals surface area contributed by atoms with E-state index in [9.17, 15) is 9.00 Å². The smallest absolute Gasteiger partial charge is 0.337 e. The van der Waals surface area contributed by atoms with Crippen molar-refractivity contribution in [1.82, 2.24) is 0 Å². The lowest BCUT2D eigenvalue weighted by molar-refractivity contribution is 0.0697. The number of methoxy groups -OCH3 is 1. The van der Waals surface area contributed by atoms with Crippen LogP contribution in [0.3, 0.4) is 0 Å². The summed E-state index contributed by atoms with van der Waals surface area (Å²) in [6.07, 6.45) is 0. The summed E-state index contributed by atoms with van der Waals surface area (Å²) in [5.74, 6) is -1.13. The van der Waals surface area contributed by atoms with Gasteiger partial charge in [-0.3, -0.25) is 4.21 Å². The van der Waals surface area contributed by atoms with Crippen LogP contribution >= 0.6 is 11.6 Å². The van der Waals surface area contributed by atoms with Crippen LogP contribution in [0.4, 0.5) is 0 Å². The fourth-order valence-electron chi connectivity index (χ4n) is 1.32. The number of carboxylic acids is 1. The van der Waals surface area contributed by atoms with Gasteiger partial charge in [0.2, 0.25) is 0 Å². The van der Waals surface area contributed by atoms with Gasteiger partial charge < -0.3 is 9.84 Å². The third kappa shape index (κ3) is 3.52. The van der Waals surface area contributed by atoms with E-state index >= 15 is 0 Å². The molecule has 0 aliphatic rings. The molecule has 0 radical (unpaired) electrons. The third-order valence-corrected chi connectivity index (χ3v) is 4.08. The summed E-state index contributed by atoms with van der Waals surface area (Å²) in [5.41, 5.74) is -0.0397. The summed E-state index contributed by atoms with van der Waals surface area (Å²) >= 11 is 5.73. The Kier molecular flexibility index (Phi) is 5.11. The van der Waals surface area contributed by atoms with Crippen molar-refractivity contribution in [2.45, 2.75) is 17.1 Å². The Labute approximate surface area is 107 Å². The van der Waals surface area contributed by atoms with E-state index in [0.29, 0.717) is 11.5 Å². The number of benzene rings is 1. The molecule has 0 amide bonds. The second-order valence-corrected chi connectivity index (χ2v) is 5.79. The molecule has 1 aromatic rings. The van der Waals surface area contributed by atoms with Crippen molar-refractivity contribution < 1.29 is 18.8 Å². The lowest BCUT2D eigenvalue weighted by atomic mass is 10.2.